The number of carbonyl (C=O) groups is 2. The molecule has 0 saturated carbocycles. The van der Waals surface area contributed by atoms with Gasteiger partial charge in [0.1, 0.15) is 5.92 Å². The summed E-state index contributed by atoms with van der Waals surface area (Å²) < 4.78 is 10.4. The Morgan fingerprint density at radius 1 is 1.42 bits per heavy atom. The fraction of sp³-hybridized carbons (Fsp3) is 0.438. The second-order valence-corrected chi connectivity index (χ2v) is 6.10. The molecule has 2 atom stereocenters. The van der Waals surface area contributed by atoms with Gasteiger partial charge in [0, 0.05) is 5.71 Å². The minimum atomic E-state index is -0.796. The number of ether oxygens (including phenoxy) is 2. The molecule has 2 amide bonds. The smallest absolute Gasteiger partial charge is 0.341 e. The highest BCUT2D eigenvalue weighted by molar-refractivity contribution is 6.32. The number of rotatable bonds is 4. The first-order valence-electron chi connectivity index (χ1n) is 7.37. The van der Waals surface area contributed by atoms with Crippen molar-refractivity contribution in [3.63, 3.8) is 0 Å². The average molecular weight is 355 g/mol. The number of nitrogens with zero attached hydrogens (tertiary/aromatic N) is 1. The van der Waals surface area contributed by atoms with Gasteiger partial charge >= 0.3 is 12.0 Å². The molecule has 2 rings (SSSR count). The van der Waals surface area contributed by atoms with Gasteiger partial charge in [0.05, 0.1) is 24.3 Å². The molecule has 1 aromatic rings. The van der Waals surface area contributed by atoms with Gasteiger partial charge in [0.15, 0.2) is 11.5 Å². The number of nitrogens with one attached hydrogen (secondary N) is 1. The van der Waals surface area contributed by atoms with E-state index in [0.29, 0.717) is 11.3 Å². The Balaban J connectivity index is 2.49. The van der Waals surface area contributed by atoms with Crippen LogP contribution in [0.1, 0.15) is 32.4 Å². The van der Waals surface area contributed by atoms with Crippen molar-refractivity contribution in [2.24, 2.45) is 10.9 Å². The lowest BCUT2D eigenvalue weighted by atomic mass is 9.88. The molecular weight excluding hydrogens is 336 g/mol. The Kier molecular flexibility index (Phi) is 5.33. The van der Waals surface area contributed by atoms with Crippen molar-refractivity contribution in [3.8, 4) is 11.5 Å². The lowest BCUT2D eigenvalue weighted by Gasteiger charge is -2.30. The van der Waals surface area contributed by atoms with E-state index < -0.39 is 24.0 Å². The molecule has 1 aliphatic heterocycles. The standard InChI is InChI=1S/C16H19ClN2O5/c1-7(2)24-15(21)12-8(3)18-16(22)19-13(12)9-5-10(17)14(20)11(6-9)23-4/h5-7,12-13,20H,1-4H3,(H,19,22). The Hall–Kier alpha value is -2.28. The van der Waals surface area contributed by atoms with Crippen LogP contribution < -0.4 is 10.1 Å². The molecule has 0 bridgehead atoms. The van der Waals surface area contributed by atoms with Gasteiger partial charge in [-0.15, -0.1) is 0 Å². The molecule has 1 aromatic carbocycles. The van der Waals surface area contributed by atoms with Gasteiger partial charge in [-0.1, -0.05) is 11.6 Å². The highest BCUT2D eigenvalue weighted by Crippen LogP contribution is 2.39. The monoisotopic (exact) mass is 354 g/mol. The number of hydrogen-bond acceptors (Lipinski definition) is 5. The largest absolute Gasteiger partial charge is 0.503 e. The van der Waals surface area contributed by atoms with Gasteiger partial charge in [0.25, 0.3) is 0 Å². The third-order valence-electron chi connectivity index (χ3n) is 3.58. The molecule has 0 aliphatic carbocycles. The van der Waals surface area contributed by atoms with E-state index in [-0.39, 0.29) is 22.6 Å². The first-order valence-corrected chi connectivity index (χ1v) is 7.75. The third-order valence-corrected chi connectivity index (χ3v) is 3.86. The van der Waals surface area contributed by atoms with Crippen molar-refractivity contribution in [1.29, 1.82) is 0 Å². The molecule has 8 heteroatoms. The number of amides is 2. The topological polar surface area (TPSA) is 97.2 Å². The Morgan fingerprint density at radius 3 is 2.67 bits per heavy atom. The normalized spacial score (nSPS) is 20.4. The molecular formula is C16H19ClN2O5. The minimum absolute atomic E-state index is 0.0507. The zero-order chi connectivity index (χ0) is 18.0. The number of phenolic OH excluding ortho intramolecular Hbond substituents is 1. The number of aliphatic imine (C=N–C) groups is 1. The lowest BCUT2D eigenvalue weighted by Crippen LogP contribution is -2.44. The van der Waals surface area contributed by atoms with Crippen LogP contribution in [-0.4, -0.2) is 36.0 Å². The maximum Gasteiger partial charge on any atom is 0.341 e. The highest BCUT2D eigenvalue weighted by atomic mass is 35.5. The van der Waals surface area contributed by atoms with E-state index in [0.717, 1.165) is 0 Å². The lowest BCUT2D eigenvalue weighted by molar-refractivity contribution is -0.150. The van der Waals surface area contributed by atoms with Crippen LogP contribution in [-0.2, 0) is 9.53 Å². The molecule has 1 heterocycles. The van der Waals surface area contributed by atoms with E-state index in [9.17, 15) is 14.7 Å². The second kappa shape index (κ2) is 7.09. The molecule has 2 N–H and O–H groups in total. The van der Waals surface area contributed by atoms with Crippen LogP contribution in [0.5, 0.6) is 11.5 Å². The summed E-state index contributed by atoms with van der Waals surface area (Å²) in [6, 6.07) is 1.70. The average Bonchev–Trinajstić information content (AvgIpc) is 2.48. The van der Waals surface area contributed by atoms with Crippen LogP contribution in [0.4, 0.5) is 4.79 Å². The summed E-state index contributed by atoms with van der Waals surface area (Å²) in [5, 5.41) is 12.6. The summed E-state index contributed by atoms with van der Waals surface area (Å²) in [6.45, 7) is 5.07. The van der Waals surface area contributed by atoms with Gasteiger partial charge in [-0.05, 0) is 38.5 Å². The SMILES string of the molecule is COc1cc(C2NC(=O)N=C(C)C2C(=O)OC(C)C)cc(Cl)c1O. The summed E-state index contributed by atoms with van der Waals surface area (Å²) >= 11 is 6.01. The Bertz CT molecular complexity index is 702. The number of urea groups is 1. The molecule has 0 saturated heterocycles. The van der Waals surface area contributed by atoms with E-state index in [1.54, 1.807) is 20.8 Å². The number of benzene rings is 1. The number of halogens is 1. The Morgan fingerprint density at radius 2 is 2.08 bits per heavy atom. The molecule has 0 radical (unpaired) electrons. The van der Waals surface area contributed by atoms with Gasteiger partial charge in [0.2, 0.25) is 0 Å². The molecule has 1 aliphatic rings. The summed E-state index contributed by atoms with van der Waals surface area (Å²) in [5.74, 6) is -1.37. The van der Waals surface area contributed by atoms with Gasteiger partial charge < -0.3 is 19.9 Å². The first kappa shape index (κ1) is 18.1. The summed E-state index contributed by atoms with van der Waals surface area (Å²) in [4.78, 5) is 28.0. The molecule has 130 valence electrons. The van der Waals surface area contributed by atoms with E-state index >= 15 is 0 Å². The maximum absolute atomic E-state index is 12.4. The maximum atomic E-state index is 12.4. The summed E-state index contributed by atoms with van der Waals surface area (Å²) in [7, 11) is 1.38. The highest BCUT2D eigenvalue weighted by Gasteiger charge is 2.38. The van der Waals surface area contributed by atoms with Gasteiger partial charge in [-0.2, -0.15) is 0 Å². The zero-order valence-corrected chi connectivity index (χ0v) is 14.5. The molecule has 0 fully saturated rings. The predicted octanol–water partition coefficient (Wildman–Crippen LogP) is 2.85. The number of esters is 1. The number of carbonyl (C=O) groups excluding carboxylic acids is 2. The van der Waals surface area contributed by atoms with Crippen LogP contribution in [0.2, 0.25) is 5.02 Å². The van der Waals surface area contributed by atoms with E-state index in [4.69, 9.17) is 21.1 Å². The number of aromatic hydroxyl groups is 1. The predicted molar refractivity (Wildman–Crippen MR) is 88.8 cm³/mol. The summed E-state index contributed by atoms with van der Waals surface area (Å²) in [6.07, 6.45) is -0.304. The third kappa shape index (κ3) is 3.62. The van der Waals surface area contributed by atoms with Crippen molar-refractivity contribution in [2.45, 2.75) is 32.9 Å². The number of methoxy groups -OCH3 is 1. The van der Waals surface area contributed by atoms with Crippen molar-refractivity contribution >= 4 is 29.3 Å². The van der Waals surface area contributed by atoms with E-state index in [2.05, 4.69) is 10.3 Å². The van der Waals surface area contributed by atoms with Crippen molar-refractivity contribution < 1.29 is 24.2 Å². The summed E-state index contributed by atoms with van der Waals surface area (Å²) in [5.41, 5.74) is 0.848. The Labute approximate surface area is 144 Å². The van der Waals surface area contributed by atoms with Crippen molar-refractivity contribution in [1.82, 2.24) is 5.32 Å². The number of phenols is 1. The van der Waals surface area contributed by atoms with Crippen molar-refractivity contribution in [2.75, 3.05) is 7.11 Å². The second-order valence-electron chi connectivity index (χ2n) is 5.70. The first-order chi connectivity index (χ1) is 11.2. The van der Waals surface area contributed by atoms with Crippen LogP contribution in [0.15, 0.2) is 17.1 Å². The zero-order valence-electron chi connectivity index (χ0n) is 13.8. The van der Waals surface area contributed by atoms with E-state index in [1.807, 2.05) is 0 Å². The molecule has 0 aromatic heterocycles. The molecule has 2 unspecified atom stereocenters. The fourth-order valence-corrected chi connectivity index (χ4v) is 2.76. The molecule has 7 nitrogen and oxygen atoms in total. The molecule has 0 spiro atoms. The van der Waals surface area contributed by atoms with Crippen LogP contribution >= 0.6 is 11.6 Å². The fourth-order valence-electron chi connectivity index (χ4n) is 2.54. The quantitative estimate of drug-likeness (QED) is 0.810. The molecule has 24 heavy (non-hydrogen) atoms. The van der Waals surface area contributed by atoms with Crippen LogP contribution in [0.3, 0.4) is 0 Å². The van der Waals surface area contributed by atoms with E-state index in [1.165, 1.54) is 19.2 Å². The van der Waals surface area contributed by atoms with Gasteiger partial charge in [-0.25, -0.2) is 9.79 Å². The minimum Gasteiger partial charge on any atom is -0.503 e. The van der Waals surface area contributed by atoms with Crippen molar-refractivity contribution in [3.05, 3.63) is 22.7 Å². The number of hydrogen-bond donors (Lipinski definition) is 2. The van der Waals surface area contributed by atoms with Crippen LogP contribution in [0.25, 0.3) is 0 Å². The van der Waals surface area contributed by atoms with Gasteiger partial charge in [-0.3, -0.25) is 4.79 Å². The van der Waals surface area contributed by atoms with Crippen LogP contribution in [0, 0.1) is 5.92 Å².